The Hall–Kier alpha value is -1.66. The van der Waals surface area contributed by atoms with Gasteiger partial charge in [0.2, 0.25) is 5.13 Å². The first-order valence-electron chi connectivity index (χ1n) is 5.71. The van der Waals surface area contributed by atoms with E-state index in [1.165, 1.54) is 16.9 Å². The van der Waals surface area contributed by atoms with Crippen LogP contribution in [0.1, 0.15) is 30.3 Å². The molecule has 1 aromatic heterocycles. The predicted molar refractivity (Wildman–Crippen MR) is 72.6 cm³/mol. The van der Waals surface area contributed by atoms with Gasteiger partial charge in [0.25, 0.3) is 0 Å². The van der Waals surface area contributed by atoms with E-state index in [2.05, 4.69) is 35.5 Å². The van der Waals surface area contributed by atoms with E-state index in [-0.39, 0.29) is 0 Å². The van der Waals surface area contributed by atoms with Crippen molar-refractivity contribution in [2.24, 2.45) is 5.84 Å². The molecular formula is C12H16N4OS. The topological polar surface area (TPSA) is 73.1 Å². The average Bonchev–Trinajstić information content (AvgIpc) is 2.84. The molecule has 5 nitrogen and oxygen atoms in total. The molecule has 2 aromatic rings. The van der Waals surface area contributed by atoms with E-state index in [9.17, 15) is 0 Å². The van der Waals surface area contributed by atoms with Crippen LogP contribution in [0, 0.1) is 0 Å². The van der Waals surface area contributed by atoms with Crippen molar-refractivity contribution in [1.29, 1.82) is 0 Å². The lowest BCUT2D eigenvalue weighted by Crippen LogP contribution is -2.05. The molecule has 6 heteroatoms. The molecule has 0 amide bonds. The average molecular weight is 264 g/mol. The van der Waals surface area contributed by atoms with Gasteiger partial charge in [0.1, 0.15) is 12.4 Å². The van der Waals surface area contributed by atoms with Crippen molar-refractivity contribution in [3.8, 4) is 5.75 Å². The Morgan fingerprint density at radius 3 is 2.89 bits per heavy atom. The van der Waals surface area contributed by atoms with Gasteiger partial charge in [0.15, 0.2) is 5.01 Å². The number of nitrogens with two attached hydrogens (primary N) is 1. The molecule has 96 valence electrons. The highest BCUT2D eigenvalue weighted by molar-refractivity contribution is 7.15. The van der Waals surface area contributed by atoms with E-state index >= 15 is 0 Å². The lowest BCUT2D eigenvalue weighted by Gasteiger charge is -2.08. The van der Waals surface area contributed by atoms with Crippen LogP contribution in [-0.2, 0) is 6.61 Å². The summed E-state index contributed by atoms with van der Waals surface area (Å²) in [6.45, 7) is 4.72. The molecule has 0 atom stereocenters. The van der Waals surface area contributed by atoms with Crippen molar-refractivity contribution in [3.05, 3.63) is 34.8 Å². The van der Waals surface area contributed by atoms with Gasteiger partial charge in [0.05, 0.1) is 0 Å². The van der Waals surface area contributed by atoms with E-state index in [1.807, 2.05) is 18.2 Å². The summed E-state index contributed by atoms with van der Waals surface area (Å²) in [5.74, 6) is 6.58. The van der Waals surface area contributed by atoms with Crippen LogP contribution in [0.2, 0.25) is 0 Å². The van der Waals surface area contributed by atoms with Crippen LogP contribution in [0.5, 0.6) is 5.75 Å². The summed E-state index contributed by atoms with van der Waals surface area (Å²) in [4.78, 5) is 0. The van der Waals surface area contributed by atoms with Gasteiger partial charge < -0.3 is 4.74 Å². The quantitative estimate of drug-likeness (QED) is 0.641. The zero-order valence-corrected chi connectivity index (χ0v) is 11.2. The molecule has 0 fully saturated rings. The van der Waals surface area contributed by atoms with Crippen molar-refractivity contribution in [2.45, 2.75) is 26.4 Å². The Labute approximate surface area is 110 Å². The van der Waals surface area contributed by atoms with Crippen LogP contribution >= 0.6 is 11.3 Å². The number of hydrogen-bond donors (Lipinski definition) is 2. The summed E-state index contributed by atoms with van der Waals surface area (Å²) in [5, 5.41) is 9.18. The van der Waals surface area contributed by atoms with Crippen molar-refractivity contribution in [2.75, 3.05) is 5.43 Å². The van der Waals surface area contributed by atoms with Crippen molar-refractivity contribution in [3.63, 3.8) is 0 Å². The largest absolute Gasteiger partial charge is 0.486 e. The number of benzene rings is 1. The van der Waals surface area contributed by atoms with E-state index in [1.54, 1.807) is 0 Å². The fourth-order valence-electron chi connectivity index (χ4n) is 1.48. The summed E-state index contributed by atoms with van der Waals surface area (Å²) >= 11 is 1.38. The molecule has 3 N–H and O–H groups in total. The Morgan fingerprint density at radius 1 is 1.39 bits per heavy atom. The number of aromatic nitrogens is 2. The third-order valence-corrected chi connectivity index (χ3v) is 3.31. The first kappa shape index (κ1) is 12.8. The molecule has 0 aliphatic carbocycles. The van der Waals surface area contributed by atoms with Crippen molar-refractivity contribution < 1.29 is 4.74 Å². The molecule has 0 saturated heterocycles. The third-order valence-electron chi connectivity index (χ3n) is 2.48. The standard InChI is InChI=1S/C12H16N4OS/c1-8(2)9-4-3-5-10(6-9)17-7-11-15-16-12(14-13)18-11/h3-6,8H,7,13H2,1-2H3,(H,14,16). The molecule has 0 saturated carbocycles. The van der Waals surface area contributed by atoms with Crippen molar-refractivity contribution in [1.82, 2.24) is 10.2 Å². The molecule has 1 heterocycles. The van der Waals surface area contributed by atoms with Crippen LogP contribution in [0.4, 0.5) is 5.13 Å². The molecule has 1 aromatic carbocycles. The van der Waals surface area contributed by atoms with Gasteiger partial charge in [-0.3, -0.25) is 5.43 Å². The maximum absolute atomic E-state index is 5.68. The van der Waals surface area contributed by atoms with Crippen LogP contribution in [-0.4, -0.2) is 10.2 Å². The molecule has 0 spiro atoms. The maximum atomic E-state index is 5.68. The maximum Gasteiger partial charge on any atom is 0.219 e. The SMILES string of the molecule is CC(C)c1cccc(OCc2nnc(NN)s2)c1. The second-order valence-electron chi connectivity index (χ2n) is 4.16. The Kier molecular flexibility index (Phi) is 4.11. The number of anilines is 1. The highest BCUT2D eigenvalue weighted by Crippen LogP contribution is 2.22. The first-order chi connectivity index (χ1) is 8.69. The van der Waals surface area contributed by atoms with Gasteiger partial charge >= 0.3 is 0 Å². The van der Waals surface area contributed by atoms with Crippen LogP contribution in [0.25, 0.3) is 0 Å². The molecular weight excluding hydrogens is 248 g/mol. The highest BCUT2D eigenvalue weighted by atomic mass is 32.1. The second-order valence-corrected chi connectivity index (χ2v) is 5.22. The second kappa shape index (κ2) is 5.79. The van der Waals surface area contributed by atoms with E-state index in [0.717, 1.165) is 10.8 Å². The Bertz CT molecular complexity index is 512. The fourth-order valence-corrected chi connectivity index (χ4v) is 2.04. The number of ether oxygens (including phenoxy) is 1. The minimum absolute atomic E-state index is 0.404. The van der Waals surface area contributed by atoms with Gasteiger partial charge in [0, 0.05) is 0 Å². The molecule has 0 bridgehead atoms. The van der Waals surface area contributed by atoms with E-state index in [4.69, 9.17) is 10.6 Å². The fraction of sp³-hybridized carbons (Fsp3) is 0.333. The molecule has 18 heavy (non-hydrogen) atoms. The predicted octanol–water partition coefficient (Wildman–Crippen LogP) is 2.53. The van der Waals surface area contributed by atoms with Crippen LogP contribution in [0.15, 0.2) is 24.3 Å². The summed E-state index contributed by atoms with van der Waals surface area (Å²) < 4.78 is 5.68. The van der Waals surface area contributed by atoms with Gasteiger partial charge in [-0.15, -0.1) is 10.2 Å². The number of nitrogens with one attached hydrogen (secondary N) is 1. The first-order valence-corrected chi connectivity index (χ1v) is 6.52. The smallest absolute Gasteiger partial charge is 0.219 e. The van der Waals surface area contributed by atoms with Gasteiger partial charge in [-0.05, 0) is 23.6 Å². The molecule has 0 unspecified atom stereocenters. The number of nitrogens with zero attached hydrogens (tertiary/aromatic N) is 2. The zero-order chi connectivity index (χ0) is 13.0. The monoisotopic (exact) mass is 264 g/mol. The Balaban J connectivity index is 1.99. The molecule has 0 aliphatic rings. The minimum Gasteiger partial charge on any atom is -0.486 e. The van der Waals surface area contributed by atoms with Gasteiger partial charge in [-0.2, -0.15) is 0 Å². The lowest BCUT2D eigenvalue weighted by atomic mass is 10.0. The summed E-state index contributed by atoms with van der Waals surface area (Å²) in [6, 6.07) is 8.08. The molecule has 0 aliphatic heterocycles. The number of nitrogen functional groups attached to an aromatic ring is 1. The molecule has 2 rings (SSSR count). The minimum atomic E-state index is 0.404. The zero-order valence-electron chi connectivity index (χ0n) is 10.4. The molecule has 0 radical (unpaired) electrons. The Morgan fingerprint density at radius 2 is 2.22 bits per heavy atom. The highest BCUT2D eigenvalue weighted by Gasteiger charge is 2.05. The lowest BCUT2D eigenvalue weighted by molar-refractivity contribution is 0.304. The van der Waals surface area contributed by atoms with Gasteiger partial charge in [-0.25, -0.2) is 5.84 Å². The van der Waals surface area contributed by atoms with Crippen molar-refractivity contribution >= 4 is 16.5 Å². The normalized spacial score (nSPS) is 10.7. The number of rotatable bonds is 5. The summed E-state index contributed by atoms with van der Waals surface area (Å²) in [5.41, 5.74) is 3.72. The van der Waals surface area contributed by atoms with E-state index < -0.39 is 0 Å². The third kappa shape index (κ3) is 3.18. The summed E-state index contributed by atoms with van der Waals surface area (Å²) in [6.07, 6.45) is 0. The van der Waals surface area contributed by atoms with Gasteiger partial charge in [-0.1, -0.05) is 37.3 Å². The van der Waals surface area contributed by atoms with E-state index in [0.29, 0.717) is 17.7 Å². The summed E-state index contributed by atoms with van der Waals surface area (Å²) in [7, 11) is 0. The van der Waals surface area contributed by atoms with Crippen LogP contribution < -0.4 is 16.0 Å². The van der Waals surface area contributed by atoms with Crippen LogP contribution in [0.3, 0.4) is 0 Å². The number of hydrogen-bond acceptors (Lipinski definition) is 6. The number of hydrazine groups is 1.